The van der Waals surface area contributed by atoms with Gasteiger partial charge in [0.05, 0.1) is 23.6 Å². The molecule has 2 aromatic rings. The fourth-order valence-corrected chi connectivity index (χ4v) is 4.17. The molecular formula is C22H29N3O4S. The van der Waals surface area contributed by atoms with E-state index in [1.807, 2.05) is 49.9 Å². The summed E-state index contributed by atoms with van der Waals surface area (Å²) in [6.07, 6.45) is 0. The molecule has 8 heteroatoms. The van der Waals surface area contributed by atoms with Crippen molar-refractivity contribution in [3.8, 4) is 0 Å². The number of rotatable bonds is 8. The van der Waals surface area contributed by atoms with E-state index in [9.17, 15) is 14.4 Å². The van der Waals surface area contributed by atoms with E-state index < -0.39 is 5.97 Å². The molecule has 0 bridgehead atoms. The fraction of sp³-hybridized carbons (Fsp3) is 0.409. The number of amides is 2. The SMILES string of the molecule is CCOC(=O)c1c(NC(=O)CN(c2ccc(C)cc2)C(C)C)sc(C(=O)NC)c1C. The number of anilines is 2. The molecule has 7 nitrogen and oxygen atoms in total. The first kappa shape index (κ1) is 23.4. The molecule has 2 N–H and O–H groups in total. The van der Waals surface area contributed by atoms with Crippen molar-refractivity contribution < 1.29 is 19.1 Å². The monoisotopic (exact) mass is 431 g/mol. The molecule has 1 aromatic carbocycles. The van der Waals surface area contributed by atoms with Gasteiger partial charge < -0.3 is 20.3 Å². The molecule has 162 valence electrons. The van der Waals surface area contributed by atoms with Crippen LogP contribution in [0.2, 0.25) is 0 Å². The van der Waals surface area contributed by atoms with Crippen LogP contribution in [0.25, 0.3) is 0 Å². The lowest BCUT2D eigenvalue weighted by Crippen LogP contribution is -2.38. The molecule has 0 saturated heterocycles. The summed E-state index contributed by atoms with van der Waals surface area (Å²) in [5.74, 6) is -1.15. The second-order valence-corrected chi connectivity index (χ2v) is 8.19. The quantitative estimate of drug-likeness (QED) is 0.622. The van der Waals surface area contributed by atoms with Gasteiger partial charge >= 0.3 is 5.97 Å². The summed E-state index contributed by atoms with van der Waals surface area (Å²) in [5, 5.41) is 5.69. The summed E-state index contributed by atoms with van der Waals surface area (Å²) in [5.41, 5.74) is 2.79. The Bertz CT molecular complexity index is 919. The maximum absolute atomic E-state index is 12.9. The summed E-state index contributed by atoms with van der Waals surface area (Å²) in [7, 11) is 1.52. The van der Waals surface area contributed by atoms with E-state index in [4.69, 9.17) is 4.74 Å². The Morgan fingerprint density at radius 1 is 1.13 bits per heavy atom. The van der Waals surface area contributed by atoms with Crippen molar-refractivity contribution in [3.63, 3.8) is 0 Å². The van der Waals surface area contributed by atoms with Crippen LogP contribution in [0.1, 0.15) is 51.9 Å². The van der Waals surface area contributed by atoms with Crippen LogP contribution in [0.15, 0.2) is 24.3 Å². The average Bonchev–Trinajstić information content (AvgIpc) is 3.02. The fourth-order valence-electron chi connectivity index (χ4n) is 3.01. The number of benzene rings is 1. The number of hydrogen-bond acceptors (Lipinski definition) is 6. The van der Waals surface area contributed by atoms with Gasteiger partial charge in [0.2, 0.25) is 5.91 Å². The van der Waals surface area contributed by atoms with Gasteiger partial charge in [-0.05, 0) is 52.3 Å². The number of nitrogens with one attached hydrogen (secondary N) is 2. The predicted octanol–water partition coefficient (Wildman–Crippen LogP) is 3.75. The highest BCUT2D eigenvalue weighted by molar-refractivity contribution is 7.18. The van der Waals surface area contributed by atoms with Gasteiger partial charge in [-0.2, -0.15) is 0 Å². The molecule has 1 aromatic heterocycles. The Hall–Kier alpha value is -2.87. The predicted molar refractivity (Wildman–Crippen MR) is 121 cm³/mol. The number of carbonyl (C=O) groups is 3. The zero-order valence-corrected chi connectivity index (χ0v) is 19.1. The Labute approximate surface area is 181 Å². The highest BCUT2D eigenvalue weighted by Crippen LogP contribution is 2.34. The lowest BCUT2D eigenvalue weighted by Gasteiger charge is -2.28. The summed E-state index contributed by atoms with van der Waals surface area (Å²) in [4.78, 5) is 39.8. The molecule has 0 aliphatic heterocycles. The molecule has 1 heterocycles. The Kier molecular flexibility index (Phi) is 8.00. The highest BCUT2D eigenvalue weighted by atomic mass is 32.1. The van der Waals surface area contributed by atoms with Gasteiger partial charge in [-0.3, -0.25) is 9.59 Å². The van der Waals surface area contributed by atoms with Crippen LogP contribution in [0.4, 0.5) is 10.7 Å². The minimum Gasteiger partial charge on any atom is -0.462 e. The third-order valence-corrected chi connectivity index (χ3v) is 5.82. The van der Waals surface area contributed by atoms with Gasteiger partial charge in [0, 0.05) is 18.8 Å². The van der Waals surface area contributed by atoms with Crippen molar-refractivity contribution in [3.05, 3.63) is 45.8 Å². The van der Waals surface area contributed by atoms with Crippen LogP contribution < -0.4 is 15.5 Å². The first-order chi connectivity index (χ1) is 14.2. The molecular weight excluding hydrogens is 402 g/mol. The average molecular weight is 432 g/mol. The number of ether oxygens (including phenoxy) is 1. The number of esters is 1. The van der Waals surface area contributed by atoms with Gasteiger partial charge in [-0.15, -0.1) is 11.3 Å². The molecule has 30 heavy (non-hydrogen) atoms. The van der Waals surface area contributed by atoms with Gasteiger partial charge in [-0.25, -0.2) is 4.79 Å². The van der Waals surface area contributed by atoms with E-state index in [1.54, 1.807) is 13.8 Å². The molecule has 0 aliphatic carbocycles. The first-order valence-electron chi connectivity index (χ1n) is 9.85. The van der Waals surface area contributed by atoms with Gasteiger partial charge in [0.1, 0.15) is 5.00 Å². The second-order valence-electron chi connectivity index (χ2n) is 7.17. The summed E-state index contributed by atoms with van der Waals surface area (Å²) >= 11 is 1.07. The molecule has 2 amide bonds. The smallest absolute Gasteiger partial charge is 0.341 e. The minimum atomic E-state index is -0.559. The summed E-state index contributed by atoms with van der Waals surface area (Å²) in [6.45, 7) is 9.72. The molecule has 0 saturated carbocycles. The summed E-state index contributed by atoms with van der Waals surface area (Å²) in [6, 6.07) is 8.05. The highest BCUT2D eigenvalue weighted by Gasteiger charge is 2.27. The zero-order valence-electron chi connectivity index (χ0n) is 18.3. The number of hydrogen-bond donors (Lipinski definition) is 2. The van der Waals surface area contributed by atoms with Gasteiger partial charge in [-0.1, -0.05) is 17.7 Å². The van der Waals surface area contributed by atoms with Gasteiger partial charge in [0.15, 0.2) is 0 Å². The van der Waals surface area contributed by atoms with Crippen molar-refractivity contribution in [2.24, 2.45) is 0 Å². The van der Waals surface area contributed by atoms with Crippen LogP contribution in [0.3, 0.4) is 0 Å². The van der Waals surface area contributed by atoms with Crippen LogP contribution in [-0.4, -0.2) is 44.0 Å². The molecule has 0 aliphatic rings. The van der Waals surface area contributed by atoms with E-state index in [1.165, 1.54) is 7.05 Å². The van der Waals surface area contributed by atoms with Crippen LogP contribution >= 0.6 is 11.3 Å². The van der Waals surface area contributed by atoms with E-state index in [-0.39, 0.29) is 36.6 Å². The summed E-state index contributed by atoms with van der Waals surface area (Å²) < 4.78 is 5.13. The van der Waals surface area contributed by atoms with E-state index in [2.05, 4.69) is 10.6 Å². The number of carbonyl (C=O) groups excluding carboxylic acids is 3. The normalized spacial score (nSPS) is 10.6. The lowest BCUT2D eigenvalue weighted by atomic mass is 10.1. The molecule has 0 atom stereocenters. The van der Waals surface area contributed by atoms with E-state index >= 15 is 0 Å². The molecule has 2 rings (SSSR count). The van der Waals surface area contributed by atoms with Crippen molar-refractivity contribution >= 4 is 39.8 Å². The first-order valence-corrected chi connectivity index (χ1v) is 10.7. The Morgan fingerprint density at radius 2 is 1.77 bits per heavy atom. The van der Waals surface area contributed by atoms with Crippen LogP contribution in [-0.2, 0) is 9.53 Å². The standard InChI is InChI=1S/C22H29N3O4S/c1-7-29-22(28)18-15(5)19(20(27)23-6)30-21(18)24-17(26)12-25(13(2)3)16-10-8-14(4)9-11-16/h8-11,13H,7,12H2,1-6H3,(H,23,27)(H,24,26). The maximum Gasteiger partial charge on any atom is 0.341 e. The molecule has 0 radical (unpaired) electrons. The van der Waals surface area contributed by atoms with Gasteiger partial charge in [0.25, 0.3) is 5.91 Å². The lowest BCUT2D eigenvalue weighted by molar-refractivity contribution is -0.115. The molecule has 0 unspecified atom stereocenters. The third-order valence-electron chi connectivity index (χ3n) is 4.62. The minimum absolute atomic E-state index is 0.0921. The Morgan fingerprint density at radius 3 is 2.30 bits per heavy atom. The van der Waals surface area contributed by atoms with Crippen molar-refractivity contribution in [2.75, 3.05) is 30.4 Å². The molecule has 0 fully saturated rings. The van der Waals surface area contributed by atoms with E-state index in [0.29, 0.717) is 15.4 Å². The van der Waals surface area contributed by atoms with Crippen molar-refractivity contribution in [2.45, 2.75) is 40.7 Å². The van der Waals surface area contributed by atoms with Crippen molar-refractivity contribution in [1.29, 1.82) is 0 Å². The topological polar surface area (TPSA) is 87.7 Å². The Balaban J connectivity index is 2.30. The maximum atomic E-state index is 12.9. The number of nitrogens with zero attached hydrogens (tertiary/aromatic N) is 1. The number of aryl methyl sites for hydroxylation is 1. The zero-order chi connectivity index (χ0) is 22.4. The van der Waals surface area contributed by atoms with Crippen LogP contribution in [0.5, 0.6) is 0 Å². The molecule has 0 spiro atoms. The van der Waals surface area contributed by atoms with Crippen LogP contribution in [0, 0.1) is 13.8 Å². The van der Waals surface area contributed by atoms with Crippen molar-refractivity contribution in [1.82, 2.24) is 5.32 Å². The van der Waals surface area contributed by atoms with E-state index in [0.717, 1.165) is 22.6 Å². The second kappa shape index (κ2) is 10.2. The third kappa shape index (κ3) is 5.38. The largest absolute Gasteiger partial charge is 0.462 e. The number of thiophene rings is 1.